The molecule has 0 saturated carbocycles. The lowest BCUT2D eigenvalue weighted by Crippen LogP contribution is -2.15. The maximum Gasteiger partial charge on any atom is 0.263 e. The molecule has 0 bridgehead atoms. The molecule has 6 nitrogen and oxygen atoms in total. The predicted molar refractivity (Wildman–Crippen MR) is 69.0 cm³/mol. The first-order valence-electron chi connectivity index (χ1n) is 5.13. The molecule has 9 heteroatoms. The second kappa shape index (κ2) is 5.40. The number of nitrogens with zero attached hydrogens (tertiary/aromatic N) is 3. The molecule has 1 aromatic heterocycles. The molecule has 20 heavy (non-hydrogen) atoms. The molecule has 0 fully saturated rings. The van der Waals surface area contributed by atoms with E-state index in [2.05, 4.69) is 14.7 Å². The van der Waals surface area contributed by atoms with Gasteiger partial charge in [-0.1, -0.05) is 11.6 Å². The minimum atomic E-state index is -4.04. The Morgan fingerprint density at radius 1 is 1.30 bits per heavy atom. The lowest BCUT2D eigenvalue weighted by Gasteiger charge is -2.08. The number of hydrogen-bond acceptors (Lipinski definition) is 5. The highest BCUT2D eigenvalue weighted by atomic mass is 35.5. The van der Waals surface area contributed by atoms with E-state index in [1.165, 1.54) is 12.4 Å². The second-order valence-electron chi connectivity index (χ2n) is 3.55. The van der Waals surface area contributed by atoms with Gasteiger partial charge in [0.1, 0.15) is 11.9 Å². The fourth-order valence-electron chi connectivity index (χ4n) is 1.33. The molecule has 102 valence electrons. The van der Waals surface area contributed by atoms with Crippen LogP contribution in [0.4, 0.5) is 10.2 Å². The van der Waals surface area contributed by atoms with Crippen molar-refractivity contribution in [1.82, 2.24) is 9.97 Å². The Morgan fingerprint density at radius 2 is 2.00 bits per heavy atom. The molecule has 0 amide bonds. The van der Waals surface area contributed by atoms with Crippen molar-refractivity contribution in [3.63, 3.8) is 0 Å². The quantitative estimate of drug-likeness (QED) is 0.934. The van der Waals surface area contributed by atoms with Crippen molar-refractivity contribution in [3.8, 4) is 6.07 Å². The average Bonchev–Trinajstić information content (AvgIpc) is 2.41. The molecule has 0 atom stereocenters. The summed E-state index contributed by atoms with van der Waals surface area (Å²) in [4.78, 5) is 7.11. The molecule has 1 N–H and O–H groups in total. The minimum Gasteiger partial charge on any atom is -0.261 e. The highest BCUT2D eigenvalue weighted by Gasteiger charge is 2.18. The number of hydrogen-bond donors (Lipinski definition) is 1. The third-order valence-corrected chi connectivity index (χ3v) is 3.87. The maximum atomic E-state index is 13.2. The molecule has 2 aromatic rings. The van der Waals surface area contributed by atoms with Gasteiger partial charge in [0.05, 0.1) is 10.5 Å². The summed E-state index contributed by atoms with van der Waals surface area (Å²) in [5, 5.41) is 8.57. The fourth-order valence-corrected chi connectivity index (χ4v) is 2.58. The molecular formula is C11H6ClFN4O2S. The van der Waals surface area contributed by atoms with E-state index in [-0.39, 0.29) is 21.4 Å². The highest BCUT2D eigenvalue weighted by molar-refractivity contribution is 7.92. The van der Waals surface area contributed by atoms with E-state index in [9.17, 15) is 12.8 Å². The van der Waals surface area contributed by atoms with E-state index in [0.717, 1.165) is 18.2 Å². The summed E-state index contributed by atoms with van der Waals surface area (Å²) in [6.07, 6.45) is 2.56. The molecular weight excluding hydrogens is 307 g/mol. The van der Waals surface area contributed by atoms with Crippen LogP contribution in [0.15, 0.2) is 35.5 Å². The number of rotatable bonds is 3. The van der Waals surface area contributed by atoms with Crippen molar-refractivity contribution in [2.45, 2.75) is 4.90 Å². The van der Waals surface area contributed by atoms with Crippen molar-refractivity contribution >= 4 is 27.4 Å². The van der Waals surface area contributed by atoms with Crippen LogP contribution in [0.1, 0.15) is 5.56 Å². The Labute approximate surface area is 118 Å². The average molecular weight is 313 g/mol. The van der Waals surface area contributed by atoms with E-state index in [1.807, 2.05) is 0 Å². The van der Waals surface area contributed by atoms with Gasteiger partial charge in [0.25, 0.3) is 10.0 Å². The fraction of sp³-hybridized carbons (Fsp3) is 0. The molecule has 0 spiro atoms. The van der Waals surface area contributed by atoms with Crippen molar-refractivity contribution in [1.29, 1.82) is 5.26 Å². The standard InChI is InChI=1S/C11H6ClFN4O2S/c12-10-11(16-4-3-15-10)17-20(18,19)8-1-2-9(13)7(5-8)6-14/h1-5H,(H,16,17). The van der Waals surface area contributed by atoms with Crippen LogP contribution in [0.25, 0.3) is 0 Å². The van der Waals surface area contributed by atoms with Crippen LogP contribution in [0.2, 0.25) is 5.15 Å². The van der Waals surface area contributed by atoms with Gasteiger partial charge in [-0.15, -0.1) is 0 Å². The largest absolute Gasteiger partial charge is 0.263 e. The number of nitriles is 1. The molecule has 2 rings (SSSR count). The van der Waals surface area contributed by atoms with Crippen LogP contribution in [0.3, 0.4) is 0 Å². The molecule has 0 aliphatic rings. The number of aromatic nitrogens is 2. The van der Waals surface area contributed by atoms with Crippen LogP contribution in [0.5, 0.6) is 0 Å². The van der Waals surface area contributed by atoms with Gasteiger partial charge >= 0.3 is 0 Å². The third-order valence-electron chi connectivity index (χ3n) is 2.25. The van der Waals surface area contributed by atoms with Gasteiger partial charge < -0.3 is 0 Å². The number of sulfonamides is 1. The highest BCUT2D eigenvalue weighted by Crippen LogP contribution is 2.20. The zero-order valence-electron chi connectivity index (χ0n) is 9.71. The smallest absolute Gasteiger partial charge is 0.261 e. The molecule has 1 heterocycles. The summed E-state index contributed by atoms with van der Waals surface area (Å²) in [6.45, 7) is 0. The predicted octanol–water partition coefficient (Wildman–Crippen LogP) is 1.94. The van der Waals surface area contributed by atoms with Gasteiger partial charge in [-0.3, -0.25) is 4.72 Å². The van der Waals surface area contributed by atoms with Crippen molar-refractivity contribution in [2.75, 3.05) is 4.72 Å². The zero-order valence-corrected chi connectivity index (χ0v) is 11.3. The van der Waals surface area contributed by atoms with E-state index in [0.29, 0.717) is 0 Å². The summed E-state index contributed by atoms with van der Waals surface area (Å²) in [5.74, 6) is -0.957. The van der Waals surface area contributed by atoms with Crippen LogP contribution in [-0.2, 0) is 10.0 Å². The summed E-state index contributed by atoms with van der Waals surface area (Å²) >= 11 is 5.69. The topological polar surface area (TPSA) is 95.7 Å². The number of benzene rings is 1. The van der Waals surface area contributed by atoms with Gasteiger partial charge in [-0.25, -0.2) is 22.8 Å². The van der Waals surface area contributed by atoms with E-state index in [1.54, 1.807) is 6.07 Å². The van der Waals surface area contributed by atoms with Crippen LogP contribution in [-0.4, -0.2) is 18.4 Å². The molecule has 0 aliphatic carbocycles. The number of anilines is 1. The van der Waals surface area contributed by atoms with Gasteiger partial charge in [0, 0.05) is 12.4 Å². The first kappa shape index (κ1) is 14.2. The Balaban J connectivity index is 2.42. The summed E-state index contributed by atoms with van der Waals surface area (Å²) in [6, 6.07) is 4.41. The summed E-state index contributed by atoms with van der Waals surface area (Å²) < 4.78 is 39.4. The SMILES string of the molecule is N#Cc1cc(S(=O)(=O)Nc2nccnc2Cl)ccc1F. The third kappa shape index (κ3) is 2.84. The molecule has 0 aliphatic heterocycles. The second-order valence-corrected chi connectivity index (χ2v) is 5.60. The maximum absolute atomic E-state index is 13.2. The van der Waals surface area contributed by atoms with Crippen LogP contribution in [0, 0.1) is 17.1 Å². The Hall–Kier alpha value is -2.24. The Kier molecular flexibility index (Phi) is 3.83. The van der Waals surface area contributed by atoms with E-state index >= 15 is 0 Å². The first-order chi connectivity index (χ1) is 9.44. The Bertz CT molecular complexity index is 804. The zero-order chi connectivity index (χ0) is 14.8. The molecule has 1 aromatic carbocycles. The minimum absolute atomic E-state index is 0.126. The van der Waals surface area contributed by atoms with E-state index in [4.69, 9.17) is 16.9 Å². The van der Waals surface area contributed by atoms with Gasteiger partial charge in [0.2, 0.25) is 0 Å². The Morgan fingerprint density at radius 3 is 2.65 bits per heavy atom. The summed E-state index contributed by atoms with van der Waals surface area (Å²) in [5.41, 5.74) is -0.377. The molecule has 0 unspecified atom stereocenters. The molecule has 0 radical (unpaired) electrons. The first-order valence-corrected chi connectivity index (χ1v) is 6.99. The number of halogens is 2. The van der Waals surface area contributed by atoms with Crippen molar-refractivity contribution < 1.29 is 12.8 Å². The van der Waals surface area contributed by atoms with Crippen molar-refractivity contribution in [3.05, 3.63) is 47.1 Å². The summed E-state index contributed by atoms with van der Waals surface area (Å²) in [7, 11) is -4.04. The van der Waals surface area contributed by atoms with Gasteiger partial charge in [0.15, 0.2) is 11.0 Å². The van der Waals surface area contributed by atoms with Crippen molar-refractivity contribution in [2.24, 2.45) is 0 Å². The van der Waals surface area contributed by atoms with Crippen LogP contribution < -0.4 is 4.72 Å². The van der Waals surface area contributed by atoms with Gasteiger partial charge in [-0.05, 0) is 18.2 Å². The van der Waals surface area contributed by atoms with E-state index < -0.39 is 15.8 Å². The normalized spacial score (nSPS) is 10.8. The van der Waals surface area contributed by atoms with Gasteiger partial charge in [-0.2, -0.15) is 5.26 Å². The number of nitrogens with one attached hydrogen (secondary N) is 1. The lowest BCUT2D eigenvalue weighted by atomic mass is 10.2. The lowest BCUT2D eigenvalue weighted by molar-refractivity contribution is 0.599. The molecule has 0 saturated heterocycles. The van der Waals surface area contributed by atoms with Crippen LogP contribution >= 0.6 is 11.6 Å². The monoisotopic (exact) mass is 312 g/mol.